The highest BCUT2D eigenvalue weighted by molar-refractivity contribution is 4.93. The number of hydrogen-bond acceptors (Lipinski definition) is 4. The summed E-state index contributed by atoms with van der Waals surface area (Å²) < 4.78 is 25.6. The molecule has 4 heteroatoms. The molecule has 3 unspecified atom stereocenters. The Morgan fingerprint density at radius 2 is 1.08 bits per heavy atom. The Labute approximate surface area is 319 Å². The quantitative estimate of drug-likeness (QED) is 0.0275. The molecule has 0 aliphatic heterocycles. The zero-order valence-electron chi connectivity index (χ0n) is 34.8. The minimum atomic E-state index is -0.159. The highest BCUT2D eigenvalue weighted by Gasteiger charge is 2.36. The number of ether oxygens (including phenoxy) is 4. The van der Waals surface area contributed by atoms with E-state index >= 15 is 0 Å². The molecule has 51 heavy (non-hydrogen) atoms. The highest BCUT2D eigenvalue weighted by Crippen LogP contribution is 2.36. The number of unbranched alkanes of at least 4 members (excludes halogenated alkanes) is 19. The van der Waals surface area contributed by atoms with Gasteiger partial charge in [-0.05, 0) is 70.1 Å². The predicted molar refractivity (Wildman–Crippen MR) is 222 cm³/mol. The van der Waals surface area contributed by atoms with E-state index in [9.17, 15) is 0 Å². The molecule has 0 aromatic rings. The van der Waals surface area contributed by atoms with Crippen molar-refractivity contribution in [3.63, 3.8) is 0 Å². The normalized spacial score (nSPS) is 17.9. The minimum Gasteiger partial charge on any atom is -0.495 e. The second-order valence-corrected chi connectivity index (χ2v) is 15.5. The van der Waals surface area contributed by atoms with Gasteiger partial charge >= 0.3 is 0 Å². The van der Waals surface area contributed by atoms with E-state index in [1.54, 1.807) is 0 Å². The third-order valence-electron chi connectivity index (χ3n) is 10.5. The van der Waals surface area contributed by atoms with Crippen LogP contribution in [0.15, 0.2) is 36.6 Å². The molecule has 0 amide bonds. The van der Waals surface area contributed by atoms with Gasteiger partial charge in [0.15, 0.2) is 6.29 Å². The first-order valence-electron chi connectivity index (χ1n) is 22.6. The Kier molecular flexibility index (Phi) is 35.0. The van der Waals surface area contributed by atoms with E-state index < -0.39 is 0 Å². The smallest absolute Gasteiger partial charge is 0.157 e. The first-order chi connectivity index (χ1) is 25.1. The van der Waals surface area contributed by atoms with Crippen LogP contribution in [-0.2, 0) is 18.9 Å². The first kappa shape index (κ1) is 47.9. The zero-order chi connectivity index (χ0) is 36.9. The van der Waals surface area contributed by atoms with E-state index in [1.807, 2.05) is 0 Å². The van der Waals surface area contributed by atoms with E-state index in [1.165, 1.54) is 141 Å². The first-order valence-corrected chi connectivity index (χ1v) is 22.6. The van der Waals surface area contributed by atoms with E-state index in [0.717, 1.165) is 76.9 Å². The summed E-state index contributed by atoms with van der Waals surface area (Å²) in [5.41, 5.74) is 0. The van der Waals surface area contributed by atoms with Crippen molar-refractivity contribution in [2.75, 3.05) is 19.8 Å². The Morgan fingerprint density at radius 3 is 1.69 bits per heavy atom. The highest BCUT2D eigenvalue weighted by atomic mass is 16.7. The van der Waals surface area contributed by atoms with Gasteiger partial charge in [0, 0.05) is 39.1 Å². The van der Waals surface area contributed by atoms with Crippen LogP contribution in [-0.4, -0.2) is 38.3 Å². The van der Waals surface area contributed by atoms with Crippen molar-refractivity contribution in [3.05, 3.63) is 36.6 Å². The second-order valence-electron chi connectivity index (χ2n) is 15.5. The van der Waals surface area contributed by atoms with Gasteiger partial charge in [0.25, 0.3) is 0 Å². The molecular formula is C47H88O4. The van der Waals surface area contributed by atoms with Crippen LogP contribution in [0.3, 0.4) is 0 Å². The van der Waals surface area contributed by atoms with Crippen molar-refractivity contribution in [3.8, 4) is 0 Å². The molecule has 1 aliphatic rings. The van der Waals surface area contributed by atoms with E-state index in [2.05, 4.69) is 58.6 Å². The maximum Gasteiger partial charge on any atom is 0.157 e. The summed E-state index contributed by atoms with van der Waals surface area (Å²) >= 11 is 0. The van der Waals surface area contributed by atoms with Crippen LogP contribution in [0.2, 0.25) is 0 Å². The van der Waals surface area contributed by atoms with Crippen LogP contribution in [0.5, 0.6) is 0 Å². The van der Waals surface area contributed by atoms with Gasteiger partial charge in [0.2, 0.25) is 0 Å². The topological polar surface area (TPSA) is 36.9 Å². The average Bonchev–Trinajstić information content (AvgIpc) is 3.51. The van der Waals surface area contributed by atoms with E-state index in [4.69, 9.17) is 18.9 Å². The Bertz CT molecular complexity index is 773. The molecule has 0 heterocycles. The Morgan fingerprint density at radius 1 is 0.569 bits per heavy atom. The lowest BCUT2D eigenvalue weighted by atomic mass is 9.97. The summed E-state index contributed by atoms with van der Waals surface area (Å²) in [5, 5.41) is 0. The largest absolute Gasteiger partial charge is 0.495 e. The molecule has 1 rings (SSSR count). The minimum absolute atomic E-state index is 0.159. The monoisotopic (exact) mass is 717 g/mol. The summed E-state index contributed by atoms with van der Waals surface area (Å²) in [5.74, 6) is 1.46. The molecule has 300 valence electrons. The fraction of sp³-hybridized carbons (Fsp3) is 0.872. The van der Waals surface area contributed by atoms with Gasteiger partial charge in [-0.2, -0.15) is 0 Å². The lowest BCUT2D eigenvalue weighted by Gasteiger charge is -2.24. The Balaban J connectivity index is 2.45. The van der Waals surface area contributed by atoms with Crippen molar-refractivity contribution in [1.29, 1.82) is 0 Å². The fourth-order valence-electron chi connectivity index (χ4n) is 7.19. The van der Waals surface area contributed by atoms with Crippen LogP contribution in [0.4, 0.5) is 0 Å². The second kappa shape index (κ2) is 37.2. The van der Waals surface area contributed by atoms with Gasteiger partial charge in [0.1, 0.15) is 6.10 Å². The molecule has 1 aliphatic carbocycles. The third kappa shape index (κ3) is 30.0. The number of allylic oxidation sites excluding steroid dienone is 5. The van der Waals surface area contributed by atoms with Crippen LogP contribution < -0.4 is 0 Å². The van der Waals surface area contributed by atoms with Gasteiger partial charge < -0.3 is 18.9 Å². The maximum atomic E-state index is 6.65. The van der Waals surface area contributed by atoms with Crippen molar-refractivity contribution in [2.24, 2.45) is 5.92 Å². The summed E-state index contributed by atoms with van der Waals surface area (Å²) in [6.45, 7) is 15.9. The molecule has 0 aromatic heterocycles. The van der Waals surface area contributed by atoms with Crippen LogP contribution in [0, 0.1) is 5.92 Å². The number of rotatable bonds is 39. The SMILES string of the molecule is C=C(CCC(OCCCCCCCC)OCCCCCCCC)OC1CC(OCCCC)CC1CCCCCCC/C=C\C/C=C\CCCCC. The molecule has 0 N–H and O–H groups in total. The molecule has 0 saturated heterocycles. The van der Waals surface area contributed by atoms with Gasteiger partial charge in [-0.3, -0.25) is 0 Å². The summed E-state index contributed by atoms with van der Waals surface area (Å²) in [4.78, 5) is 0. The van der Waals surface area contributed by atoms with Gasteiger partial charge in [-0.25, -0.2) is 0 Å². The molecule has 0 aromatic carbocycles. The molecule has 1 fully saturated rings. The molecule has 1 saturated carbocycles. The lowest BCUT2D eigenvalue weighted by molar-refractivity contribution is -0.148. The molecule has 4 nitrogen and oxygen atoms in total. The Hall–Kier alpha value is -1.10. The maximum absolute atomic E-state index is 6.65. The van der Waals surface area contributed by atoms with Crippen LogP contribution in [0.25, 0.3) is 0 Å². The summed E-state index contributed by atoms with van der Waals surface area (Å²) in [7, 11) is 0. The van der Waals surface area contributed by atoms with Crippen LogP contribution >= 0.6 is 0 Å². The average molecular weight is 717 g/mol. The molecular weight excluding hydrogens is 629 g/mol. The third-order valence-corrected chi connectivity index (χ3v) is 10.5. The van der Waals surface area contributed by atoms with Crippen molar-refractivity contribution < 1.29 is 18.9 Å². The molecule has 0 bridgehead atoms. The number of hydrogen-bond donors (Lipinski definition) is 0. The molecule has 3 atom stereocenters. The fourth-order valence-corrected chi connectivity index (χ4v) is 7.19. The summed E-state index contributed by atoms with van der Waals surface area (Å²) in [6, 6.07) is 0. The van der Waals surface area contributed by atoms with Gasteiger partial charge in [0.05, 0.1) is 11.9 Å². The molecule has 0 radical (unpaired) electrons. The van der Waals surface area contributed by atoms with E-state index in [0.29, 0.717) is 12.0 Å². The van der Waals surface area contributed by atoms with Crippen molar-refractivity contribution >= 4 is 0 Å². The van der Waals surface area contributed by atoms with E-state index in [-0.39, 0.29) is 12.4 Å². The van der Waals surface area contributed by atoms with Crippen molar-refractivity contribution in [2.45, 2.75) is 239 Å². The summed E-state index contributed by atoms with van der Waals surface area (Å²) in [6.07, 6.45) is 46.6. The lowest BCUT2D eigenvalue weighted by Crippen LogP contribution is -2.21. The molecule has 0 spiro atoms. The van der Waals surface area contributed by atoms with Crippen LogP contribution in [0.1, 0.15) is 220 Å². The van der Waals surface area contributed by atoms with Gasteiger partial charge in [-0.15, -0.1) is 0 Å². The zero-order valence-corrected chi connectivity index (χ0v) is 34.8. The standard InChI is InChI=1S/C47H88O4/c1-6-10-14-17-20-21-22-23-24-25-26-27-28-29-32-35-44-41-45(48-38-13-9-4)42-46(44)51-43(5)36-37-47(49-39-33-30-18-15-11-7-2)50-40-34-31-19-16-12-8-3/h20-21,23-24,44-47H,5-19,22,25-42H2,1-4H3/b21-20-,24-23-. The predicted octanol–water partition coefficient (Wildman–Crippen LogP) is 15.2. The van der Waals surface area contributed by atoms with Gasteiger partial charge in [-0.1, -0.05) is 168 Å². The van der Waals surface area contributed by atoms with Crippen molar-refractivity contribution in [1.82, 2.24) is 0 Å².